The van der Waals surface area contributed by atoms with Crippen molar-refractivity contribution in [3.8, 4) is 5.69 Å². The summed E-state index contributed by atoms with van der Waals surface area (Å²) in [7, 11) is 0. The van der Waals surface area contributed by atoms with Gasteiger partial charge in [-0.1, -0.05) is 18.2 Å². The molecule has 0 aliphatic heterocycles. The number of tetrazole rings is 1. The molecule has 1 heterocycles. The molecule has 0 spiro atoms. The predicted molar refractivity (Wildman–Crippen MR) is 86.7 cm³/mol. The first-order valence-electron chi connectivity index (χ1n) is 7.17. The fraction of sp³-hybridized carbons (Fsp3) is 0.286. The molecule has 0 radical (unpaired) electrons. The Hall–Kier alpha value is -2.26. The van der Waals surface area contributed by atoms with Crippen LogP contribution in [0.4, 0.5) is 4.79 Å². The number of hydrogen-bond donors (Lipinski definition) is 1. The highest BCUT2D eigenvalue weighted by Crippen LogP contribution is 2.19. The zero-order chi connectivity index (χ0) is 16.4. The minimum absolute atomic E-state index is 0.497. The third kappa shape index (κ3) is 2.97. The highest BCUT2D eigenvalue weighted by Gasteiger charge is 2.23. The Bertz CT molecular complexity index is 825. The molecule has 1 amide bonds. The molecule has 1 aromatic heterocycles. The molecule has 1 aromatic carbocycles. The van der Waals surface area contributed by atoms with E-state index in [2.05, 4.69) is 26.4 Å². The van der Waals surface area contributed by atoms with Gasteiger partial charge in [0.05, 0.1) is 5.69 Å². The molecule has 9 heteroatoms. The molecule has 0 bridgehead atoms. The lowest BCUT2D eigenvalue weighted by atomic mass is 10.0. The topological polar surface area (TPSA) is 99.0 Å². The normalized spacial score (nSPS) is 14.4. The number of allylic oxidation sites excluding steroid dienone is 2. The van der Waals surface area contributed by atoms with Crippen LogP contribution >= 0.6 is 15.9 Å². The second-order valence-corrected chi connectivity index (χ2v) is 5.98. The van der Waals surface area contributed by atoms with Crippen molar-refractivity contribution in [2.24, 2.45) is 5.84 Å². The number of amides is 1. The number of carbonyl (C=O) groups is 1. The van der Waals surface area contributed by atoms with Crippen LogP contribution < -0.4 is 11.5 Å². The molecule has 0 saturated heterocycles. The molecule has 0 atom stereocenters. The molecular weight excluding hydrogens is 364 g/mol. The first kappa shape index (κ1) is 15.6. The summed E-state index contributed by atoms with van der Waals surface area (Å²) < 4.78 is 2.38. The van der Waals surface area contributed by atoms with Crippen LogP contribution in [-0.2, 0) is 0 Å². The monoisotopic (exact) mass is 378 g/mol. The summed E-state index contributed by atoms with van der Waals surface area (Å²) in [5.74, 6) is 5.84. The van der Waals surface area contributed by atoms with E-state index in [0.717, 1.165) is 29.0 Å². The molecule has 2 aromatic rings. The molecule has 1 aliphatic rings. The smallest absolute Gasteiger partial charge is 0.244 e. The molecule has 2 N–H and O–H groups in total. The number of hydrazine groups is 1. The maximum Gasteiger partial charge on any atom is 0.377 e. The van der Waals surface area contributed by atoms with E-state index < -0.39 is 11.7 Å². The van der Waals surface area contributed by atoms with Crippen molar-refractivity contribution in [3.05, 3.63) is 51.0 Å². The molecule has 120 valence electrons. The van der Waals surface area contributed by atoms with Gasteiger partial charge in [0, 0.05) is 10.2 Å². The summed E-state index contributed by atoms with van der Waals surface area (Å²) in [6.45, 7) is 0. The molecule has 0 fully saturated rings. The standard InChI is InChI=1S/C14H15BrN6O2/c15-11-8-4-5-9-12(11)20-14(23)21(18-17-20)13(22)19(16)10-6-2-1-3-7-10/h4-6,8-9H,1-3,7,16H2. The Morgan fingerprint density at radius 1 is 1.26 bits per heavy atom. The summed E-state index contributed by atoms with van der Waals surface area (Å²) in [6.07, 6.45) is 5.52. The highest BCUT2D eigenvalue weighted by atomic mass is 79.9. The third-order valence-electron chi connectivity index (χ3n) is 3.63. The van der Waals surface area contributed by atoms with Gasteiger partial charge in [-0.2, -0.15) is 4.68 Å². The van der Waals surface area contributed by atoms with E-state index >= 15 is 0 Å². The van der Waals surface area contributed by atoms with Crippen LogP contribution in [0.1, 0.15) is 25.7 Å². The second kappa shape index (κ2) is 6.47. The fourth-order valence-electron chi connectivity index (χ4n) is 2.41. The zero-order valence-electron chi connectivity index (χ0n) is 12.2. The molecular formula is C14H15BrN6O2. The van der Waals surface area contributed by atoms with Crippen LogP contribution in [0, 0.1) is 0 Å². The van der Waals surface area contributed by atoms with Crippen molar-refractivity contribution in [3.63, 3.8) is 0 Å². The summed E-state index contributed by atoms with van der Waals surface area (Å²) in [4.78, 5) is 24.8. The maximum atomic E-state index is 12.4. The lowest BCUT2D eigenvalue weighted by Crippen LogP contribution is -2.44. The van der Waals surface area contributed by atoms with E-state index in [1.807, 2.05) is 12.1 Å². The third-order valence-corrected chi connectivity index (χ3v) is 4.30. The first-order chi connectivity index (χ1) is 11.1. The van der Waals surface area contributed by atoms with E-state index in [1.54, 1.807) is 18.2 Å². The van der Waals surface area contributed by atoms with Crippen LogP contribution in [0.25, 0.3) is 5.69 Å². The van der Waals surface area contributed by atoms with Crippen LogP contribution in [-0.4, -0.2) is 30.8 Å². The number of rotatable bonds is 2. The lowest BCUT2D eigenvalue weighted by Gasteiger charge is -2.21. The number of halogens is 1. The summed E-state index contributed by atoms with van der Waals surface area (Å²) in [5.41, 5.74) is 0.523. The fourth-order valence-corrected chi connectivity index (χ4v) is 2.86. The number of benzene rings is 1. The van der Waals surface area contributed by atoms with Gasteiger partial charge in [-0.25, -0.2) is 20.4 Å². The van der Waals surface area contributed by atoms with Gasteiger partial charge in [0.1, 0.15) is 0 Å². The molecule has 1 aliphatic carbocycles. The SMILES string of the molecule is NN(C(=O)n1nnn(-c2ccccc2Br)c1=O)C1=CCCCC1. The van der Waals surface area contributed by atoms with Crippen molar-refractivity contribution in [1.29, 1.82) is 0 Å². The summed E-state index contributed by atoms with van der Waals surface area (Å²) >= 11 is 3.34. The minimum Gasteiger partial charge on any atom is -0.244 e. The maximum absolute atomic E-state index is 12.4. The number of nitrogens with zero attached hydrogens (tertiary/aromatic N) is 5. The Balaban J connectivity index is 1.93. The van der Waals surface area contributed by atoms with Crippen molar-refractivity contribution in [2.45, 2.75) is 25.7 Å². The van der Waals surface area contributed by atoms with Crippen molar-refractivity contribution in [1.82, 2.24) is 24.8 Å². The number of para-hydroxylation sites is 1. The molecule has 8 nitrogen and oxygen atoms in total. The average molecular weight is 379 g/mol. The largest absolute Gasteiger partial charge is 0.377 e. The van der Waals surface area contributed by atoms with Gasteiger partial charge in [-0.15, -0.1) is 4.68 Å². The van der Waals surface area contributed by atoms with Gasteiger partial charge >= 0.3 is 11.7 Å². The van der Waals surface area contributed by atoms with E-state index in [0.29, 0.717) is 27.0 Å². The number of nitrogens with two attached hydrogens (primary N) is 1. The molecule has 0 saturated carbocycles. The van der Waals surface area contributed by atoms with Gasteiger partial charge < -0.3 is 0 Å². The zero-order valence-corrected chi connectivity index (χ0v) is 13.8. The van der Waals surface area contributed by atoms with E-state index in [4.69, 9.17) is 5.84 Å². The van der Waals surface area contributed by atoms with Crippen molar-refractivity contribution < 1.29 is 4.79 Å². The van der Waals surface area contributed by atoms with E-state index in [1.165, 1.54) is 0 Å². The number of carbonyl (C=O) groups excluding carboxylic acids is 1. The number of hydrogen-bond acceptors (Lipinski definition) is 5. The Labute approximate surface area is 140 Å². The van der Waals surface area contributed by atoms with Gasteiger partial charge in [0.25, 0.3) is 0 Å². The second-order valence-electron chi connectivity index (χ2n) is 5.13. The van der Waals surface area contributed by atoms with Crippen LogP contribution in [0.2, 0.25) is 0 Å². The summed E-state index contributed by atoms with van der Waals surface area (Å²) in [6, 6.07) is 6.31. The Kier molecular flexibility index (Phi) is 4.39. The summed E-state index contributed by atoms with van der Waals surface area (Å²) in [5, 5.41) is 8.38. The van der Waals surface area contributed by atoms with Crippen LogP contribution in [0.5, 0.6) is 0 Å². The quantitative estimate of drug-likeness (QED) is 0.371. The Morgan fingerprint density at radius 3 is 2.74 bits per heavy atom. The average Bonchev–Trinajstić information content (AvgIpc) is 2.96. The highest BCUT2D eigenvalue weighted by molar-refractivity contribution is 9.10. The Morgan fingerprint density at radius 2 is 2.04 bits per heavy atom. The number of aromatic nitrogens is 4. The predicted octanol–water partition coefficient (Wildman–Crippen LogP) is 1.79. The van der Waals surface area contributed by atoms with Gasteiger partial charge in [0.2, 0.25) is 0 Å². The first-order valence-corrected chi connectivity index (χ1v) is 7.97. The van der Waals surface area contributed by atoms with Crippen LogP contribution in [0.15, 0.2) is 45.3 Å². The lowest BCUT2D eigenvalue weighted by molar-refractivity contribution is 0.206. The molecule has 23 heavy (non-hydrogen) atoms. The minimum atomic E-state index is -0.721. The van der Waals surface area contributed by atoms with E-state index in [9.17, 15) is 9.59 Å². The van der Waals surface area contributed by atoms with Gasteiger partial charge in [0.15, 0.2) is 0 Å². The van der Waals surface area contributed by atoms with Crippen LogP contribution in [0.3, 0.4) is 0 Å². The van der Waals surface area contributed by atoms with Crippen molar-refractivity contribution in [2.75, 3.05) is 0 Å². The molecule has 3 rings (SSSR count). The molecule has 0 unspecified atom stereocenters. The van der Waals surface area contributed by atoms with Gasteiger partial charge in [-0.3, -0.25) is 0 Å². The van der Waals surface area contributed by atoms with E-state index in [-0.39, 0.29) is 0 Å². The van der Waals surface area contributed by atoms with Gasteiger partial charge in [-0.05, 0) is 64.2 Å². The van der Waals surface area contributed by atoms with Crippen molar-refractivity contribution >= 4 is 22.0 Å².